The maximum Gasteiger partial charge on any atom is 0.243 e. The highest BCUT2D eigenvalue weighted by molar-refractivity contribution is 7.89. The van der Waals surface area contributed by atoms with Gasteiger partial charge in [-0.15, -0.1) is 0 Å². The molecule has 144 valence electrons. The first-order chi connectivity index (χ1) is 12.3. The molecular weight excluding hydrogens is 376 g/mol. The molecule has 6 nitrogen and oxygen atoms in total. The average Bonchev–Trinajstić information content (AvgIpc) is 2.61. The van der Waals surface area contributed by atoms with Crippen LogP contribution in [0, 0.1) is 5.92 Å². The molecule has 26 heavy (non-hydrogen) atoms. The molecule has 0 aliphatic carbocycles. The van der Waals surface area contributed by atoms with Crippen molar-refractivity contribution in [1.82, 2.24) is 9.21 Å². The van der Waals surface area contributed by atoms with Crippen molar-refractivity contribution in [2.24, 2.45) is 5.92 Å². The van der Waals surface area contributed by atoms with Gasteiger partial charge >= 0.3 is 0 Å². The van der Waals surface area contributed by atoms with Crippen LogP contribution in [0.2, 0.25) is 5.02 Å². The molecule has 0 radical (unpaired) electrons. The molecule has 0 spiro atoms. The molecule has 0 N–H and O–H groups in total. The second-order valence-electron chi connectivity index (χ2n) is 7.13. The number of sulfonamides is 1. The van der Waals surface area contributed by atoms with Crippen LogP contribution in [-0.2, 0) is 19.6 Å². The first kappa shape index (κ1) is 19.6. The third-order valence-corrected chi connectivity index (χ3v) is 7.15. The van der Waals surface area contributed by atoms with Crippen LogP contribution in [0.15, 0.2) is 29.2 Å². The number of hydrogen-bond donors (Lipinski definition) is 0. The highest BCUT2D eigenvalue weighted by atomic mass is 35.5. The zero-order valence-corrected chi connectivity index (χ0v) is 16.7. The molecular formula is C18H25ClN2O4S. The largest absolute Gasteiger partial charge is 0.372 e. The van der Waals surface area contributed by atoms with Gasteiger partial charge in [-0.05, 0) is 51.0 Å². The number of rotatable bonds is 3. The molecule has 3 rings (SSSR count). The smallest absolute Gasteiger partial charge is 0.243 e. The van der Waals surface area contributed by atoms with Crippen LogP contribution >= 0.6 is 11.6 Å². The van der Waals surface area contributed by atoms with Gasteiger partial charge in [0.15, 0.2) is 0 Å². The van der Waals surface area contributed by atoms with Crippen molar-refractivity contribution in [2.45, 2.75) is 43.8 Å². The highest BCUT2D eigenvalue weighted by Gasteiger charge is 2.35. The Balaban J connectivity index is 1.62. The van der Waals surface area contributed by atoms with Crippen molar-refractivity contribution < 1.29 is 17.9 Å². The molecule has 2 unspecified atom stereocenters. The van der Waals surface area contributed by atoms with Crippen molar-refractivity contribution >= 4 is 27.5 Å². The van der Waals surface area contributed by atoms with Gasteiger partial charge in [0.25, 0.3) is 0 Å². The lowest BCUT2D eigenvalue weighted by Crippen LogP contribution is -2.51. The summed E-state index contributed by atoms with van der Waals surface area (Å²) >= 11 is 5.84. The van der Waals surface area contributed by atoms with Crippen molar-refractivity contribution in [2.75, 3.05) is 26.2 Å². The minimum Gasteiger partial charge on any atom is -0.372 e. The van der Waals surface area contributed by atoms with Gasteiger partial charge in [-0.25, -0.2) is 8.42 Å². The van der Waals surface area contributed by atoms with E-state index in [4.69, 9.17) is 16.3 Å². The number of benzene rings is 1. The fraction of sp³-hybridized carbons (Fsp3) is 0.611. The summed E-state index contributed by atoms with van der Waals surface area (Å²) < 4.78 is 32.6. The van der Waals surface area contributed by atoms with Gasteiger partial charge in [-0.3, -0.25) is 4.79 Å². The van der Waals surface area contributed by atoms with Gasteiger partial charge in [0.1, 0.15) is 0 Å². The standard InChI is InChI=1S/C18H25ClN2O4S/c1-13-11-20(12-14(2)25-13)18(22)15-7-9-21(10-8-15)26(23,24)17-5-3-16(19)4-6-17/h3-6,13-15H,7-12H2,1-2H3. The van der Waals surface area contributed by atoms with E-state index < -0.39 is 10.0 Å². The Labute approximate surface area is 160 Å². The Bertz CT molecular complexity index is 735. The van der Waals surface area contributed by atoms with E-state index in [1.807, 2.05) is 18.7 Å². The van der Waals surface area contributed by atoms with E-state index in [0.29, 0.717) is 44.0 Å². The van der Waals surface area contributed by atoms with Crippen LogP contribution < -0.4 is 0 Å². The van der Waals surface area contributed by atoms with Gasteiger partial charge in [0, 0.05) is 37.1 Å². The minimum atomic E-state index is -3.54. The van der Waals surface area contributed by atoms with Crippen LogP contribution in [0.5, 0.6) is 0 Å². The molecule has 1 aromatic rings. The van der Waals surface area contributed by atoms with Gasteiger partial charge in [-0.2, -0.15) is 4.31 Å². The maximum absolute atomic E-state index is 12.8. The molecule has 0 saturated carbocycles. The Morgan fingerprint density at radius 3 is 2.15 bits per heavy atom. The van der Waals surface area contributed by atoms with Crippen molar-refractivity contribution in [1.29, 1.82) is 0 Å². The SMILES string of the molecule is CC1CN(C(=O)C2CCN(S(=O)(=O)c3ccc(Cl)cc3)CC2)CC(C)O1. The quantitative estimate of drug-likeness (QED) is 0.781. The Kier molecular flexibility index (Phi) is 5.91. The number of carbonyl (C=O) groups is 1. The van der Waals surface area contributed by atoms with E-state index in [-0.39, 0.29) is 28.9 Å². The summed E-state index contributed by atoms with van der Waals surface area (Å²) in [4.78, 5) is 14.9. The molecule has 2 heterocycles. The molecule has 1 amide bonds. The summed E-state index contributed by atoms with van der Waals surface area (Å²) in [7, 11) is -3.54. The molecule has 0 bridgehead atoms. The number of nitrogens with zero attached hydrogens (tertiary/aromatic N) is 2. The van der Waals surface area contributed by atoms with Gasteiger partial charge in [0.2, 0.25) is 15.9 Å². The number of halogens is 1. The zero-order valence-electron chi connectivity index (χ0n) is 15.1. The summed E-state index contributed by atoms with van der Waals surface area (Å²) in [5, 5.41) is 0.502. The van der Waals surface area contributed by atoms with Crippen molar-refractivity contribution in [3.05, 3.63) is 29.3 Å². The van der Waals surface area contributed by atoms with Crippen LogP contribution in [0.3, 0.4) is 0 Å². The molecule has 2 fully saturated rings. The van der Waals surface area contributed by atoms with Crippen LogP contribution in [0.4, 0.5) is 0 Å². The predicted molar refractivity (Wildman–Crippen MR) is 99.5 cm³/mol. The molecule has 2 atom stereocenters. The number of morpholine rings is 1. The van der Waals surface area contributed by atoms with Crippen molar-refractivity contribution in [3.63, 3.8) is 0 Å². The molecule has 2 aliphatic rings. The van der Waals surface area contributed by atoms with Crippen LogP contribution in [-0.4, -0.2) is 61.9 Å². The number of hydrogen-bond acceptors (Lipinski definition) is 4. The maximum atomic E-state index is 12.8. The van der Waals surface area contributed by atoms with Gasteiger partial charge < -0.3 is 9.64 Å². The minimum absolute atomic E-state index is 0.0353. The first-order valence-electron chi connectivity index (χ1n) is 8.97. The summed E-state index contributed by atoms with van der Waals surface area (Å²) in [6.07, 6.45) is 1.17. The van der Waals surface area contributed by atoms with Crippen molar-refractivity contribution in [3.8, 4) is 0 Å². The summed E-state index contributed by atoms with van der Waals surface area (Å²) in [5.41, 5.74) is 0. The second kappa shape index (κ2) is 7.84. The van der Waals surface area contributed by atoms with Gasteiger partial charge in [-0.1, -0.05) is 11.6 Å². The fourth-order valence-corrected chi connectivity index (χ4v) is 5.31. The van der Waals surface area contributed by atoms with E-state index in [2.05, 4.69) is 0 Å². The molecule has 2 aliphatic heterocycles. The Morgan fingerprint density at radius 1 is 1.08 bits per heavy atom. The monoisotopic (exact) mass is 400 g/mol. The van der Waals surface area contributed by atoms with E-state index >= 15 is 0 Å². The predicted octanol–water partition coefficient (Wildman–Crippen LogP) is 2.38. The third-order valence-electron chi connectivity index (χ3n) is 4.99. The summed E-state index contributed by atoms with van der Waals surface area (Å²) in [5.74, 6) is -0.000270. The zero-order chi connectivity index (χ0) is 18.9. The highest BCUT2D eigenvalue weighted by Crippen LogP contribution is 2.26. The normalized spacial score (nSPS) is 26.0. The molecule has 1 aromatic carbocycles. The number of amides is 1. The lowest BCUT2D eigenvalue weighted by Gasteiger charge is -2.39. The summed E-state index contributed by atoms with van der Waals surface area (Å²) in [6.45, 7) is 5.86. The molecule has 2 saturated heterocycles. The fourth-order valence-electron chi connectivity index (χ4n) is 3.71. The summed E-state index contributed by atoms with van der Waals surface area (Å²) in [6, 6.07) is 6.19. The average molecular weight is 401 g/mol. The molecule has 0 aromatic heterocycles. The lowest BCUT2D eigenvalue weighted by atomic mass is 9.96. The van der Waals surface area contributed by atoms with E-state index in [1.54, 1.807) is 12.1 Å². The molecule has 8 heteroatoms. The third kappa shape index (κ3) is 4.22. The Hall–Kier alpha value is -1.15. The number of piperidine rings is 1. The second-order valence-corrected chi connectivity index (χ2v) is 9.51. The topological polar surface area (TPSA) is 66.9 Å². The Morgan fingerprint density at radius 2 is 1.62 bits per heavy atom. The van der Waals surface area contributed by atoms with E-state index in [0.717, 1.165) is 0 Å². The number of carbonyl (C=O) groups excluding carboxylic acids is 1. The van der Waals surface area contributed by atoms with E-state index in [9.17, 15) is 13.2 Å². The van der Waals surface area contributed by atoms with Crippen LogP contribution in [0.1, 0.15) is 26.7 Å². The number of ether oxygens (including phenoxy) is 1. The van der Waals surface area contributed by atoms with E-state index in [1.165, 1.54) is 16.4 Å². The van der Waals surface area contributed by atoms with Crippen LogP contribution in [0.25, 0.3) is 0 Å². The lowest BCUT2D eigenvalue weighted by molar-refractivity contribution is -0.148. The first-order valence-corrected chi connectivity index (χ1v) is 10.8. The van der Waals surface area contributed by atoms with Gasteiger partial charge in [0.05, 0.1) is 17.1 Å².